The molecule has 5 heteroatoms. The number of hydrogen-bond donors (Lipinski definition) is 1. The average molecular weight is 325 g/mol. The maximum atomic E-state index is 11.5. The highest BCUT2D eigenvalue weighted by Gasteiger charge is 2.06. The van der Waals surface area contributed by atoms with E-state index in [1.54, 1.807) is 18.7 Å². The zero-order valence-corrected chi connectivity index (χ0v) is 14.3. The highest BCUT2D eigenvalue weighted by molar-refractivity contribution is 7.98. The second kappa shape index (κ2) is 6.46. The van der Waals surface area contributed by atoms with Crippen LogP contribution in [0.3, 0.4) is 0 Å². The van der Waals surface area contributed by atoms with Crippen molar-refractivity contribution in [3.05, 3.63) is 53.9 Å². The summed E-state index contributed by atoms with van der Waals surface area (Å²) in [6.07, 6.45) is 1.84. The van der Waals surface area contributed by atoms with E-state index in [1.807, 2.05) is 44.6 Å². The maximum absolute atomic E-state index is 11.5. The summed E-state index contributed by atoms with van der Waals surface area (Å²) in [5, 5.41) is 2.15. The van der Waals surface area contributed by atoms with Crippen molar-refractivity contribution in [1.82, 2.24) is 9.97 Å². The molecule has 0 aliphatic rings. The third-order valence-electron chi connectivity index (χ3n) is 3.69. The van der Waals surface area contributed by atoms with E-state index in [-0.39, 0.29) is 5.78 Å². The number of pyridine rings is 1. The van der Waals surface area contributed by atoms with Crippen LogP contribution in [-0.4, -0.2) is 29.8 Å². The van der Waals surface area contributed by atoms with Crippen LogP contribution in [0.25, 0.3) is 10.9 Å². The number of rotatable bonds is 5. The number of H-pyrrole nitrogens is 1. The molecule has 0 amide bonds. The van der Waals surface area contributed by atoms with Gasteiger partial charge in [0.05, 0.1) is 10.7 Å². The summed E-state index contributed by atoms with van der Waals surface area (Å²) < 4.78 is 0. The van der Waals surface area contributed by atoms with E-state index in [0.29, 0.717) is 0 Å². The Hall–Kier alpha value is -2.27. The predicted octanol–water partition coefficient (Wildman–Crippen LogP) is 4.12. The van der Waals surface area contributed by atoms with E-state index in [9.17, 15) is 4.79 Å². The van der Waals surface area contributed by atoms with Crippen LogP contribution in [-0.2, 0) is 5.75 Å². The molecule has 0 saturated heterocycles. The summed E-state index contributed by atoms with van der Waals surface area (Å²) in [7, 11) is 4.05. The molecule has 4 nitrogen and oxygen atoms in total. The number of ketones is 1. The minimum Gasteiger partial charge on any atom is -0.378 e. The molecule has 0 aliphatic heterocycles. The SMILES string of the molecule is CC(=O)c1ccc2[nH]c(SCc3cc(N(C)C)ccn3)cc2c1. The van der Waals surface area contributed by atoms with Crippen LogP contribution in [0.5, 0.6) is 0 Å². The molecule has 1 N–H and O–H groups in total. The Morgan fingerprint density at radius 3 is 2.78 bits per heavy atom. The van der Waals surface area contributed by atoms with Crippen molar-refractivity contribution in [2.75, 3.05) is 19.0 Å². The Bertz CT molecular complexity index is 854. The Morgan fingerprint density at radius 1 is 1.22 bits per heavy atom. The van der Waals surface area contributed by atoms with E-state index in [1.165, 1.54) is 0 Å². The molecular formula is C18H19N3OS. The third kappa shape index (κ3) is 3.56. The topological polar surface area (TPSA) is 49.0 Å². The average Bonchev–Trinajstić information content (AvgIpc) is 2.95. The molecule has 0 bridgehead atoms. The molecule has 3 rings (SSSR count). The van der Waals surface area contributed by atoms with Gasteiger partial charge in [-0.15, -0.1) is 11.8 Å². The Kier molecular flexibility index (Phi) is 4.39. The van der Waals surface area contributed by atoms with Gasteiger partial charge in [0.15, 0.2) is 5.78 Å². The molecule has 3 aromatic rings. The van der Waals surface area contributed by atoms with Gasteiger partial charge >= 0.3 is 0 Å². The number of nitrogens with one attached hydrogen (secondary N) is 1. The molecule has 2 heterocycles. The molecule has 0 unspecified atom stereocenters. The van der Waals surface area contributed by atoms with Gasteiger partial charge in [-0.2, -0.15) is 0 Å². The summed E-state index contributed by atoms with van der Waals surface area (Å²) >= 11 is 1.71. The largest absolute Gasteiger partial charge is 0.378 e. The van der Waals surface area contributed by atoms with Crippen LogP contribution < -0.4 is 4.90 Å². The number of carbonyl (C=O) groups is 1. The molecule has 23 heavy (non-hydrogen) atoms. The third-order valence-corrected chi connectivity index (χ3v) is 4.67. The number of anilines is 1. The van der Waals surface area contributed by atoms with E-state index >= 15 is 0 Å². The number of Topliss-reactive ketones (excluding diaryl/α,β-unsaturated/α-hetero) is 1. The number of thioether (sulfide) groups is 1. The van der Waals surface area contributed by atoms with Crippen LogP contribution in [0, 0.1) is 0 Å². The molecule has 0 radical (unpaired) electrons. The minimum absolute atomic E-state index is 0.0898. The first-order valence-corrected chi connectivity index (χ1v) is 8.40. The molecule has 0 saturated carbocycles. The van der Waals surface area contributed by atoms with Crippen molar-refractivity contribution in [3.63, 3.8) is 0 Å². The quantitative estimate of drug-likeness (QED) is 0.566. The van der Waals surface area contributed by atoms with Gasteiger partial charge in [-0.3, -0.25) is 9.78 Å². The van der Waals surface area contributed by atoms with E-state index in [0.717, 1.165) is 38.6 Å². The number of carbonyl (C=O) groups excluding carboxylic acids is 1. The van der Waals surface area contributed by atoms with Gasteiger partial charge in [-0.05, 0) is 43.3 Å². The number of aromatic nitrogens is 2. The van der Waals surface area contributed by atoms with Gasteiger partial charge in [0, 0.05) is 48.2 Å². The van der Waals surface area contributed by atoms with E-state index < -0.39 is 0 Å². The zero-order valence-electron chi connectivity index (χ0n) is 13.5. The number of aromatic amines is 1. The Morgan fingerprint density at radius 2 is 2.04 bits per heavy atom. The van der Waals surface area contributed by atoms with Gasteiger partial charge < -0.3 is 9.88 Å². The fraction of sp³-hybridized carbons (Fsp3) is 0.222. The van der Waals surface area contributed by atoms with Crippen LogP contribution in [0.2, 0.25) is 0 Å². The molecule has 2 aromatic heterocycles. The van der Waals surface area contributed by atoms with Crippen molar-refractivity contribution in [1.29, 1.82) is 0 Å². The normalized spacial score (nSPS) is 10.9. The van der Waals surface area contributed by atoms with Gasteiger partial charge in [0.1, 0.15) is 0 Å². The molecule has 1 aromatic carbocycles. The molecule has 0 atom stereocenters. The smallest absolute Gasteiger partial charge is 0.159 e. The molecule has 0 aliphatic carbocycles. The number of nitrogens with zero attached hydrogens (tertiary/aromatic N) is 2. The van der Waals surface area contributed by atoms with Crippen LogP contribution in [0.15, 0.2) is 47.6 Å². The van der Waals surface area contributed by atoms with Crippen molar-refractivity contribution in [3.8, 4) is 0 Å². The molecular weight excluding hydrogens is 306 g/mol. The first-order chi connectivity index (χ1) is 11.0. The van der Waals surface area contributed by atoms with Gasteiger partial charge in [-0.1, -0.05) is 0 Å². The standard InChI is InChI=1S/C18H19N3OS/c1-12(22)13-4-5-17-14(8-13)9-18(20-17)23-11-15-10-16(21(2)3)6-7-19-15/h4-10,20H,11H2,1-3H3. The fourth-order valence-corrected chi connectivity index (χ4v) is 3.23. The Labute approximate surface area is 139 Å². The summed E-state index contributed by atoms with van der Waals surface area (Å²) in [4.78, 5) is 21.3. The number of hydrogen-bond acceptors (Lipinski definition) is 4. The van der Waals surface area contributed by atoms with Gasteiger partial charge in [-0.25, -0.2) is 0 Å². The van der Waals surface area contributed by atoms with Crippen LogP contribution in [0.4, 0.5) is 5.69 Å². The summed E-state index contributed by atoms with van der Waals surface area (Å²) in [6.45, 7) is 1.59. The summed E-state index contributed by atoms with van der Waals surface area (Å²) in [5.41, 5.74) is 3.99. The molecule has 118 valence electrons. The van der Waals surface area contributed by atoms with Crippen molar-refractivity contribution >= 4 is 34.1 Å². The highest BCUT2D eigenvalue weighted by Crippen LogP contribution is 2.27. The maximum Gasteiger partial charge on any atom is 0.159 e. The second-order valence-electron chi connectivity index (χ2n) is 5.68. The van der Waals surface area contributed by atoms with E-state index in [2.05, 4.69) is 27.0 Å². The first kappa shape index (κ1) is 15.6. The van der Waals surface area contributed by atoms with Crippen molar-refractivity contribution in [2.45, 2.75) is 17.7 Å². The lowest BCUT2D eigenvalue weighted by Crippen LogP contribution is -2.09. The van der Waals surface area contributed by atoms with Crippen LogP contribution >= 0.6 is 11.8 Å². The van der Waals surface area contributed by atoms with Gasteiger partial charge in [0.25, 0.3) is 0 Å². The lowest BCUT2D eigenvalue weighted by atomic mass is 10.1. The fourth-order valence-electron chi connectivity index (χ4n) is 2.38. The zero-order chi connectivity index (χ0) is 16.4. The Balaban J connectivity index is 1.77. The minimum atomic E-state index is 0.0898. The first-order valence-electron chi connectivity index (χ1n) is 7.42. The number of benzene rings is 1. The summed E-state index contributed by atoms with van der Waals surface area (Å²) in [6, 6.07) is 11.9. The van der Waals surface area contributed by atoms with E-state index in [4.69, 9.17) is 0 Å². The number of fused-ring (bicyclic) bond motifs is 1. The second-order valence-corrected chi connectivity index (χ2v) is 6.70. The predicted molar refractivity (Wildman–Crippen MR) is 96.4 cm³/mol. The van der Waals surface area contributed by atoms with Crippen LogP contribution in [0.1, 0.15) is 23.0 Å². The summed E-state index contributed by atoms with van der Waals surface area (Å²) in [5.74, 6) is 0.889. The highest BCUT2D eigenvalue weighted by atomic mass is 32.2. The molecule has 0 spiro atoms. The van der Waals surface area contributed by atoms with Crippen molar-refractivity contribution < 1.29 is 4.79 Å². The molecule has 0 fully saturated rings. The van der Waals surface area contributed by atoms with Crippen molar-refractivity contribution in [2.24, 2.45) is 0 Å². The van der Waals surface area contributed by atoms with Gasteiger partial charge in [0.2, 0.25) is 0 Å². The monoisotopic (exact) mass is 325 g/mol. The lowest BCUT2D eigenvalue weighted by Gasteiger charge is -2.12. The lowest BCUT2D eigenvalue weighted by molar-refractivity contribution is 0.101.